The lowest BCUT2D eigenvalue weighted by atomic mass is 9.65. The van der Waals surface area contributed by atoms with Gasteiger partial charge in [-0.1, -0.05) is 56.2 Å². The number of hydrogen-bond acceptors (Lipinski definition) is 5. The summed E-state index contributed by atoms with van der Waals surface area (Å²) in [7, 11) is 0. The van der Waals surface area contributed by atoms with E-state index in [9.17, 15) is 19.5 Å². The first-order valence-corrected chi connectivity index (χ1v) is 13.1. The summed E-state index contributed by atoms with van der Waals surface area (Å²) in [5.74, 6) is -3.35. The number of carbonyl (C=O) groups is 3. The SMILES string of the molecule is C=CCN(Cc1ccccc1)C(=O)C1N(CCCCCCO)C(=O)[C@@H]2[C@@H](C(=O)O)[C@@]3(CC)CCC12O3. The number of aliphatic hydroxyl groups excluding tert-OH is 1. The second-order valence-electron chi connectivity index (χ2n) is 10.3. The molecule has 5 atom stereocenters. The average molecular weight is 499 g/mol. The molecule has 4 rings (SSSR count). The maximum absolute atomic E-state index is 14.2. The molecule has 0 aromatic heterocycles. The van der Waals surface area contributed by atoms with Crippen molar-refractivity contribution >= 4 is 17.8 Å². The monoisotopic (exact) mass is 498 g/mol. The molecule has 1 spiro atoms. The van der Waals surface area contributed by atoms with Crippen molar-refractivity contribution < 1.29 is 29.3 Å². The largest absolute Gasteiger partial charge is 0.481 e. The van der Waals surface area contributed by atoms with E-state index in [1.165, 1.54) is 0 Å². The van der Waals surface area contributed by atoms with E-state index in [1.807, 2.05) is 37.3 Å². The lowest BCUT2D eigenvalue weighted by Gasteiger charge is -2.37. The van der Waals surface area contributed by atoms with Gasteiger partial charge in [0.1, 0.15) is 17.6 Å². The summed E-state index contributed by atoms with van der Waals surface area (Å²) in [5, 5.41) is 19.3. The van der Waals surface area contributed by atoms with E-state index in [-0.39, 0.29) is 18.4 Å². The number of fused-ring (bicyclic) bond motifs is 1. The van der Waals surface area contributed by atoms with Crippen LogP contribution in [0.4, 0.5) is 0 Å². The van der Waals surface area contributed by atoms with Gasteiger partial charge in [-0.05, 0) is 37.7 Å². The molecule has 3 heterocycles. The number of benzene rings is 1. The molecule has 1 aromatic carbocycles. The van der Waals surface area contributed by atoms with Crippen LogP contribution in [-0.4, -0.2) is 74.7 Å². The van der Waals surface area contributed by atoms with Gasteiger partial charge >= 0.3 is 5.97 Å². The van der Waals surface area contributed by atoms with Crippen molar-refractivity contribution in [1.82, 2.24) is 9.80 Å². The smallest absolute Gasteiger partial charge is 0.310 e. The van der Waals surface area contributed by atoms with Crippen molar-refractivity contribution in [2.24, 2.45) is 11.8 Å². The summed E-state index contributed by atoms with van der Waals surface area (Å²) in [5.41, 5.74) is -1.08. The van der Waals surface area contributed by atoms with Crippen molar-refractivity contribution in [2.75, 3.05) is 19.7 Å². The molecule has 0 aliphatic carbocycles. The fourth-order valence-electron chi connectivity index (χ4n) is 6.73. The number of likely N-dealkylation sites (tertiary alicyclic amines) is 1. The van der Waals surface area contributed by atoms with Crippen LogP contribution in [0.2, 0.25) is 0 Å². The molecule has 8 heteroatoms. The van der Waals surface area contributed by atoms with E-state index < -0.39 is 35.0 Å². The average Bonchev–Trinajstić information content (AvgIpc) is 3.47. The summed E-state index contributed by atoms with van der Waals surface area (Å²) in [6.45, 7) is 6.89. The van der Waals surface area contributed by atoms with E-state index in [0.717, 1.165) is 18.4 Å². The lowest BCUT2D eigenvalue weighted by Crippen LogP contribution is -2.56. The normalized spacial score (nSPS) is 30.4. The van der Waals surface area contributed by atoms with E-state index in [1.54, 1.807) is 15.9 Å². The second kappa shape index (κ2) is 10.7. The van der Waals surface area contributed by atoms with Crippen molar-refractivity contribution in [2.45, 2.75) is 75.7 Å². The van der Waals surface area contributed by atoms with Crippen molar-refractivity contribution in [3.05, 3.63) is 48.6 Å². The van der Waals surface area contributed by atoms with Crippen LogP contribution in [0, 0.1) is 11.8 Å². The van der Waals surface area contributed by atoms with E-state index >= 15 is 0 Å². The molecule has 3 aliphatic rings. The summed E-state index contributed by atoms with van der Waals surface area (Å²) in [6, 6.07) is 8.79. The summed E-state index contributed by atoms with van der Waals surface area (Å²) in [6.07, 6.45) is 6.18. The summed E-state index contributed by atoms with van der Waals surface area (Å²) < 4.78 is 6.60. The van der Waals surface area contributed by atoms with Crippen LogP contribution in [0.15, 0.2) is 43.0 Å². The minimum absolute atomic E-state index is 0.123. The number of carbonyl (C=O) groups excluding carboxylic acids is 2. The van der Waals surface area contributed by atoms with Crippen LogP contribution in [0.5, 0.6) is 0 Å². The van der Waals surface area contributed by atoms with Crippen molar-refractivity contribution in [1.29, 1.82) is 0 Å². The molecule has 196 valence electrons. The highest BCUT2D eigenvalue weighted by Crippen LogP contribution is 2.64. The zero-order chi connectivity index (χ0) is 25.9. The van der Waals surface area contributed by atoms with Crippen LogP contribution >= 0.6 is 0 Å². The number of aliphatic hydroxyl groups is 1. The van der Waals surface area contributed by atoms with Crippen LogP contribution in [0.3, 0.4) is 0 Å². The minimum Gasteiger partial charge on any atom is -0.481 e. The number of ether oxygens (including phenoxy) is 1. The number of hydrogen-bond donors (Lipinski definition) is 2. The topological polar surface area (TPSA) is 107 Å². The number of aliphatic carboxylic acids is 1. The first-order valence-electron chi connectivity index (χ1n) is 13.1. The van der Waals surface area contributed by atoms with Gasteiger partial charge < -0.3 is 24.7 Å². The lowest BCUT2D eigenvalue weighted by molar-refractivity contribution is -0.158. The summed E-state index contributed by atoms with van der Waals surface area (Å²) in [4.78, 5) is 43.9. The predicted octanol–water partition coefficient (Wildman–Crippen LogP) is 2.99. The van der Waals surface area contributed by atoms with Gasteiger partial charge in [-0.25, -0.2) is 0 Å². The third kappa shape index (κ3) is 4.34. The van der Waals surface area contributed by atoms with Gasteiger partial charge in [0.25, 0.3) is 0 Å². The second-order valence-corrected chi connectivity index (χ2v) is 10.3. The van der Waals surface area contributed by atoms with E-state index in [4.69, 9.17) is 9.84 Å². The molecule has 3 aliphatic heterocycles. The highest BCUT2D eigenvalue weighted by molar-refractivity contribution is 5.98. The maximum Gasteiger partial charge on any atom is 0.310 e. The highest BCUT2D eigenvalue weighted by atomic mass is 16.5. The van der Waals surface area contributed by atoms with Crippen LogP contribution in [0.25, 0.3) is 0 Å². The summed E-state index contributed by atoms with van der Waals surface area (Å²) >= 11 is 0. The minimum atomic E-state index is -1.13. The van der Waals surface area contributed by atoms with Crippen molar-refractivity contribution in [3.63, 3.8) is 0 Å². The molecule has 3 saturated heterocycles. The number of nitrogens with zero attached hydrogens (tertiary/aromatic N) is 2. The highest BCUT2D eigenvalue weighted by Gasteiger charge is 2.78. The van der Waals surface area contributed by atoms with Crippen molar-refractivity contribution in [3.8, 4) is 0 Å². The van der Waals surface area contributed by atoms with Gasteiger partial charge in [-0.2, -0.15) is 0 Å². The molecule has 2 N–H and O–H groups in total. The van der Waals surface area contributed by atoms with Gasteiger partial charge in [-0.3, -0.25) is 14.4 Å². The zero-order valence-electron chi connectivity index (χ0n) is 21.1. The quantitative estimate of drug-likeness (QED) is 0.320. The Kier molecular flexibility index (Phi) is 7.85. The number of unbranched alkanes of at least 4 members (excludes halogenated alkanes) is 3. The predicted molar refractivity (Wildman–Crippen MR) is 134 cm³/mol. The molecule has 0 saturated carbocycles. The Morgan fingerprint density at radius 2 is 1.92 bits per heavy atom. The van der Waals surface area contributed by atoms with E-state index in [0.29, 0.717) is 51.7 Å². The molecule has 8 nitrogen and oxygen atoms in total. The fraction of sp³-hybridized carbons (Fsp3) is 0.607. The molecule has 2 unspecified atom stereocenters. The van der Waals surface area contributed by atoms with E-state index in [2.05, 4.69) is 6.58 Å². The number of amides is 2. The van der Waals surface area contributed by atoms with Crippen LogP contribution in [-0.2, 0) is 25.7 Å². The number of carboxylic acid groups (broad SMARTS) is 1. The Balaban J connectivity index is 1.69. The molecule has 2 bridgehead atoms. The van der Waals surface area contributed by atoms with Gasteiger partial charge in [0.15, 0.2) is 0 Å². The van der Waals surface area contributed by atoms with Crippen LogP contribution in [0.1, 0.15) is 57.4 Å². The Bertz CT molecular complexity index is 984. The molecular formula is C28H38N2O6. The van der Waals surface area contributed by atoms with Crippen LogP contribution < -0.4 is 0 Å². The Hall–Kier alpha value is -2.71. The fourth-order valence-corrected chi connectivity index (χ4v) is 6.73. The first kappa shape index (κ1) is 26.4. The van der Waals surface area contributed by atoms with Gasteiger partial charge in [0, 0.05) is 26.2 Å². The van der Waals surface area contributed by atoms with Gasteiger partial charge in [0.2, 0.25) is 11.8 Å². The molecule has 3 fully saturated rings. The molecule has 2 amide bonds. The standard InChI is InChI=1S/C28H38N2O6/c1-3-16-29(19-20-12-8-7-9-13-20)25(33)23-28-15-14-27(4-2,36-28)22(26(34)35)21(28)24(32)30(23)17-10-5-6-11-18-31/h3,7-9,12-13,21-23,31H,1,4-6,10-11,14-19H2,2H3,(H,34,35)/t21-,22-,23?,27+,28?/m0/s1. The molecular weight excluding hydrogens is 460 g/mol. The molecule has 0 radical (unpaired) electrons. The number of rotatable bonds is 13. The van der Waals surface area contributed by atoms with Gasteiger partial charge in [0.05, 0.1) is 11.5 Å². The molecule has 36 heavy (non-hydrogen) atoms. The first-order chi connectivity index (χ1) is 17.3. The third-order valence-electron chi connectivity index (χ3n) is 8.37. The Morgan fingerprint density at radius 3 is 2.56 bits per heavy atom. The number of carboxylic acids is 1. The Labute approximate surface area is 212 Å². The molecule has 1 aromatic rings. The maximum atomic E-state index is 14.2. The third-order valence-corrected chi connectivity index (χ3v) is 8.37. The zero-order valence-corrected chi connectivity index (χ0v) is 21.1. The Morgan fingerprint density at radius 1 is 1.19 bits per heavy atom. The van der Waals surface area contributed by atoms with Gasteiger partial charge in [-0.15, -0.1) is 6.58 Å².